The van der Waals surface area contributed by atoms with Gasteiger partial charge in [-0.05, 0) is 33.6 Å². The molecule has 1 aliphatic heterocycles. The minimum atomic E-state index is -0.448. The van der Waals surface area contributed by atoms with Crippen LogP contribution in [0, 0.1) is 0 Å². The lowest BCUT2D eigenvalue weighted by Gasteiger charge is -2.16. The van der Waals surface area contributed by atoms with Gasteiger partial charge < -0.3 is 14.2 Å². The van der Waals surface area contributed by atoms with Crippen molar-refractivity contribution in [3.63, 3.8) is 0 Å². The largest absolute Gasteiger partial charge is 0.375 e. The molecule has 0 spiro atoms. The predicted molar refractivity (Wildman–Crippen MR) is 68.9 cm³/mol. The molecule has 0 bridgehead atoms. The third-order valence-electron chi connectivity index (χ3n) is 2.49. The monoisotopic (exact) mass is 240 g/mol. The fraction of sp³-hybridized carbons (Fsp3) is 0.714. The van der Waals surface area contributed by atoms with Crippen molar-refractivity contribution < 1.29 is 14.2 Å². The molecule has 0 N–H and O–H groups in total. The van der Waals surface area contributed by atoms with Crippen LogP contribution in [-0.4, -0.2) is 31.7 Å². The van der Waals surface area contributed by atoms with Gasteiger partial charge in [-0.2, -0.15) is 0 Å². The van der Waals surface area contributed by atoms with Gasteiger partial charge in [-0.3, -0.25) is 0 Å². The average Bonchev–Trinajstić information content (AvgIpc) is 2.62. The van der Waals surface area contributed by atoms with E-state index in [1.165, 1.54) is 0 Å². The number of hydrogen-bond acceptors (Lipinski definition) is 3. The molecule has 1 heterocycles. The number of ether oxygens (including phenoxy) is 3. The van der Waals surface area contributed by atoms with Gasteiger partial charge in [0, 0.05) is 0 Å². The third-order valence-corrected chi connectivity index (χ3v) is 2.49. The van der Waals surface area contributed by atoms with Crippen LogP contribution in [0.3, 0.4) is 0 Å². The van der Waals surface area contributed by atoms with Gasteiger partial charge in [-0.1, -0.05) is 24.3 Å². The van der Waals surface area contributed by atoms with Crippen LogP contribution in [-0.2, 0) is 14.2 Å². The van der Waals surface area contributed by atoms with E-state index in [2.05, 4.69) is 24.3 Å². The van der Waals surface area contributed by atoms with E-state index < -0.39 is 5.79 Å². The molecular formula is C14H24O3. The molecule has 1 rings (SSSR count). The van der Waals surface area contributed by atoms with E-state index in [4.69, 9.17) is 14.2 Å². The summed E-state index contributed by atoms with van der Waals surface area (Å²) in [5.74, 6) is -0.448. The second-order valence-corrected chi connectivity index (χ2v) is 4.61. The van der Waals surface area contributed by atoms with Gasteiger partial charge in [0.05, 0.1) is 19.8 Å². The van der Waals surface area contributed by atoms with E-state index in [0.717, 1.165) is 12.8 Å². The van der Waals surface area contributed by atoms with Gasteiger partial charge in [-0.15, -0.1) is 0 Å². The van der Waals surface area contributed by atoms with Crippen LogP contribution in [0.4, 0.5) is 0 Å². The van der Waals surface area contributed by atoms with Gasteiger partial charge in [0.2, 0.25) is 0 Å². The van der Waals surface area contributed by atoms with Gasteiger partial charge in [0.25, 0.3) is 0 Å². The zero-order valence-electron chi connectivity index (χ0n) is 11.1. The zero-order valence-corrected chi connectivity index (χ0v) is 11.1. The normalized spacial score (nSPS) is 24.1. The molecule has 0 aromatic carbocycles. The Bertz CT molecular complexity index is 256. The average molecular weight is 240 g/mol. The summed E-state index contributed by atoms with van der Waals surface area (Å²) < 4.78 is 16.6. The zero-order chi connectivity index (χ0) is 12.6. The standard InChI is InChI=1S/C14H24O3/c1-4-5-6-7-8-9-10-15-11-13-12-16-14(2,3)17-13/h4-5,8-9,13H,6-7,10-12H2,1-3H3/b5-4+,9-8+. The summed E-state index contributed by atoms with van der Waals surface area (Å²) in [6.07, 6.45) is 10.7. The Morgan fingerprint density at radius 3 is 2.65 bits per heavy atom. The molecule has 0 saturated carbocycles. The first-order chi connectivity index (χ1) is 8.14. The number of rotatable bonds is 7. The Kier molecular flexibility index (Phi) is 6.48. The first kappa shape index (κ1) is 14.4. The quantitative estimate of drug-likeness (QED) is 0.505. The Morgan fingerprint density at radius 1 is 1.24 bits per heavy atom. The number of hydrogen-bond donors (Lipinski definition) is 0. The lowest BCUT2D eigenvalue weighted by molar-refractivity contribution is -0.144. The molecule has 1 aliphatic rings. The molecule has 1 unspecified atom stereocenters. The molecule has 0 aliphatic carbocycles. The second-order valence-electron chi connectivity index (χ2n) is 4.61. The SMILES string of the molecule is C/C=C/CC/C=C/COCC1COC(C)(C)O1. The van der Waals surface area contributed by atoms with Crippen molar-refractivity contribution in [2.75, 3.05) is 19.8 Å². The van der Waals surface area contributed by atoms with Crippen molar-refractivity contribution in [3.8, 4) is 0 Å². The van der Waals surface area contributed by atoms with E-state index in [1.54, 1.807) is 0 Å². The van der Waals surface area contributed by atoms with Crippen molar-refractivity contribution >= 4 is 0 Å². The highest BCUT2D eigenvalue weighted by atomic mass is 16.7. The maximum atomic E-state index is 5.63. The van der Waals surface area contributed by atoms with Crippen molar-refractivity contribution in [1.82, 2.24) is 0 Å². The van der Waals surface area contributed by atoms with E-state index in [1.807, 2.05) is 20.8 Å². The Labute approximate surface area is 104 Å². The first-order valence-corrected chi connectivity index (χ1v) is 6.30. The van der Waals surface area contributed by atoms with Crippen molar-refractivity contribution in [3.05, 3.63) is 24.3 Å². The molecule has 0 amide bonds. The van der Waals surface area contributed by atoms with Gasteiger partial charge in [0.15, 0.2) is 5.79 Å². The molecular weight excluding hydrogens is 216 g/mol. The maximum Gasteiger partial charge on any atom is 0.163 e. The summed E-state index contributed by atoms with van der Waals surface area (Å²) >= 11 is 0. The summed E-state index contributed by atoms with van der Waals surface area (Å²) in [7, 11) is 0. The molecule has 17 heavy (non-hydrogen) atoms. The lowest BCUT2D eigenvalue weighted by atomic mass is 10.3. The Hall–Kier alpha value is -0.640. The van der Waals surface area contributed by atoms with Crippen LogP contribution < -0.4 is 0 Å². The highest BCUT2D eigenvalue weighted by molar-refractivity contribution is 4.86. The van der Waals surface area contributed by atoms with Crippen LogP contribution in [0.15, 0.2) is 24.3 Å². The summed E-state index contributed by atoms with van der Waals surface area (Å²) in [5.41, 5.74) is 0. The van der Waals surface area contributed by atoms with Gasteiger partial charge >= 0.3 is 0 Å². The van der Waals surface area contributed by atoms with Gasteiger partial charge in [0.1, 0.15) is 6.10 Å². The Morgan fingerprint density at radius 2 is 2.00 bits per heavy atom. The first-order valence-electron chi connectivity index (χ1n) is 6.30. The summed E-state index contributed by atoms with van der Waals surface area (Å²) in [4.78, 5) is 0. The molecule has 0 radical (unpaired) electrons. The van der Waals surface area contributed by atoms with Crippen molar-refractivity contribution in [2.45, 2.75) is 45.5 Å². The molecule has 3 nitrogen and oxygen atoms in total. The molecule has 1 fully saturated rings. The van der Waals surface area contributed by atoms with E-state index in [9.17, 15) is 0 Å². The number of allylic oxidation sites excluding steroid dienone is 3. The topological polar surface area (TPSA) is 27.7 Å². The van der Waals surface area contributed by atoms with Gasteiger partial charge in [-0.25, -0.2) is 0 Å². The number of unbranched alkanes of at least 4 members (excludes halogenated alkanes) is 1. The fourth-order valence-electron chi connectivity index (χ4n) is 1.66. The van der Waals surface area contributed by atoms with E-state index >= 15 is 0 Å². The summed E-state index contributed by atoms with van der Waals surface area (Å²) in [6, 6.07) is 0. The molecule has 1 atom stereocenters. The maximum absolute atomic E-state index is 5.63. The van der Waals surface area contributed by atoms with E-state index in [0.29, 0.717) is 19.8 Å². The second kappa shape index (κ2) is 7.64. The van der Waals surface area contributed by atoms with Crippen molar-refractivity contribution in [1.29, 1.82) is 0 Å². The highest BCUT2D eigenvalue weighted by Gasteiger charge is 2.32. The van der Waals surface area contributed by atoms with Crippen LogP contribution in [0.25, 0.3) is 0 Å². The fourth-order valence-corrected chi connectivity index (χ4v) is 1.66. The molecule has 0 aromatic rings. The Balaban J connectivity index is 1.98. The minimum Gasteiger partial charge on any atom is -0.375 e. The van der Waals surface area contributed by atoms with Crippen LogP contribution in [0.5, 0.6) is 0 Å². The highest BCUT2D eigenvalue weighted by Crippen LogP contribution is 2.22. The molecule has 0 aromatic heterocycles. The third kappa shape index (κ3) is 6.61. The molecule has 98 valence electrons. The smallest absolute Gasteiger partial charge is 0.163 e. The van der Waals surface area contributed by atoms with Crippen LogP contribution >= 0.6 is 0 Å². The predicted octanol–water partition coefficient (Wildman–Crippen LogP) is 3.07. The minimum absolute atomic E-state index is 0.0708. The van der Waals surface area contributed by atoms with Crippen LogP contribution in [0.2, 0.25) is 0 Å². The molecule has 1 saturated heterocycles. The lowest BCUT2D eigenvalue weighted by Crippen LogP contribution is -2.24. The molecule has 3 heteroatoms. The van der Waals surface area contributed by atoms with Crippen molar-refractivity contribution in [2.24, 2.45) is 0 Å². The summed E-state index contributed by atoms with van der Waals surface area (Å²) in [5, 5.41) is 0. The summed E-state index contributed by atoms with van der Waals surface area (Å²) in [6.45, 7) is 7.76. The van der Waals surface area contributed by atoms with E-state index in [-0.39, 0.29) is 6.10 Å². The van der Waals surface area contributed by atoms with Crippen LogP contribution in [0.1, 0.15) is 33.6 Å².